The molecule has 0 aromatic heterocycles. The summed E-state index contributed by atoms with van der Waals surface area (Å²) in [6, 6.07) is 8.19. The van der Waals surface area contributed by atoms with Crippen LogP contribution in [0.2, 0.25) is 0 Å². The second-order valence-electron chi connectivity index (χ2n) is 5.85. The molecule has 0 aliphatic heterocycles. The van der Waals surface area contributed by atoms with Crippen molar-refractivity contribution >= 4 is 5.97 Å². The molecule has 0 aliphatic rings. The summed E-state index contributed by atoms with van der Waals surface area (Å²) in [6.45, 7) is 8.57. The third-order valence-corrected chi connectivity index (χ3v) is 2.99. The molecule has 0 amide bonds. The van der Waals surface area contributed by atoms with E-state index in [9.17, 15) is 14.9 Å². The summed E-state index contributed by atoms with van der Waals surface area (Å²) in [5.41, 5.74) is -2.48. The number of carbonyl (C=O) groups excluding carboxylic acids is 1. The monoisotopic (exact) mass is 303 g/mol. The third kappa shape index (κ3) is 4.04. The molecule has 0 saturated heterocycles. The molecule has 0 bridgehead atoms. The van der Waals surface area contributed by atoms with E-state index in [1.165, 1.54) is 6.08 Å². The molecule has 1 atom stereocenters. The summed E-state index contributed by atoms with van der Waals surface area (Å²) in [4.78, 5) is 23.8. The Bertz CT molecular complexity index is 572. The molecule has 0 radical (unpaired) electrons. The van der Waals surface area contributed by atoms with Gasteiger partial charge in [-0.2, -0.15) is 0 Å². The van der Waals surface area contributed by atoms with Crippen molar-refractivity contribution in [3.63, 3.8) is 0 Å². The fourth-order valence-corrected chi connectivity index (χ4v) is 1.98. The molecule has 5 heteroatoms. The summed E-state index contributed by atoms with van der Waals surface area (Å²) >= 11 is 0. The van der Waals surface area contributed by atoms with E-state index in [4.69, 9.17) is 4.74 Å². The van der Waals surface area contributed by atoms with Gasteiger partial charge in [0.25, 0.3) is 0 Å². The lowest BCUT2D eigenvalue weighted by molar-refractivity contribution is -0.564. The number of esters is 1. The fraction of sp³-hybridized carbons (Fsp3) is 0.353. The molecular weight excluding hydrogens is 282 g/mol. The second kappa shape index (κ2) is 7.02. The van der Waals surface area contributed by atoms with Crippen molar-refractivity contribution < 1.29 is 14.5 Å². The molecule has 1 aromatic rings. The normalized spacial score (nSPS) is 14.3. The number of nitro groups is 1. The first-order valence-corrected chi connectivity index (χ1v) is 6.95. The van der Waals surface area contributed by atoms with Crippen LogP contribution in [0.3, 0.4) is 0 Å². The van der Waals surface area contributed by atoms with Gasteiger partial charge in [0.1, 0.15) is 5.60 Å². The standard InChI is InChI=1S/C17H21NO4/c1-5-6-10-13-17(18(20)21,14-11-8-7-9-12-14)15(19)22-16(2,3)4/h5-12H,1,13H2,2-4H3/b10-6+. The zero-order chi connectivity index (χ0) is 16.8. The van der Waals surface area contributed by atoms with E-state index >= 15 is 0 Å². The van der Waals surface area contributed by atoms with Gasteiger partial charge in [0.2, 0.25) is 0 Å². The summed E-state index contributed by atoms with van der Waals surface area (Å²) in [5, 5.41) is 11.8. The molecule has 0 aliphatic carbocycles. The maximum absolute atomic E-state index is 12.6. The van der Waals surface area contributed by atoms with Crippen molar-refractivity contribution in [3.05, 3.63) is 70.8 Å². The Hall–Kier alpha value is -2.43. The predicted octanol–water partition coefficient (Wildman–Crippen LogP) is 3.63. The van der Waals surface area contributed by atoms with Crippen LogP contribution in [-0.4, -0.2) is 16.5 Å². The van der Waals surface area contributed by atoms with Crippen LogP contribution in [0, 0.1) is 10.1 Å². The smallest absolute Gasteiger partial charge is 0.390 e. The van der Waals surface area contributed by atoms with Crippen LogP contribution in [0.5, 0.6) is 0 Å². The minimum atomic E-state index is -1.96. The second-order valence-corrected chi connectivity index (χ2v) is 5.85. The van der Waals surface area contributed by atoms with Gasteiger partial charge in [-0.05, 0) is 20.8 Å². The highest BCUT2D eigenvalue weighted by atomic mass is 16.6. The number of ether oxygens (including phenoxy) is 1. The average molecular weight is 303 g/mol. The SMILES string of the molecule is C=C/C=C/CC(C(=O)OC(C)(C)C)(c1ccccc1)[N+](=O)[O-]. The Balaban J connectivity index is 3.39. The number of benzene rings is 1. The van der Waals surface area contributed by atoms with Crippen LogP contribution in [0.4, 0.5) is 0 Å². The van der Waals surface area contributed by atoms with E-state index in [1.54, 1.807) is 63.3 Å². The predicted molar refractivity (Wildman–Crippen MR) is 84.9 cm³/mol. The molecule has 22 heavy (non-hydrogen) atoms. The van der Waals surface area contributed by atoms with Crippen LogP contribution >= 0.6 is 0 Å². The number of nitrogens with zero attached hydrogens (tertiary/aromatic N) is 1. The Kier molecular flexibility index (Phi) is 5.63. The lowest BCUT2D eigenvalue weighted by atomic mass is 9.86. The number of hydrogen-bond donors (Lipinski definition) is 0. The van der Waals surface area contributed by atoms with Gasteiger partial charge in [-0.3, -0.25) is 10.1 Å². The highest BCUT2D eigenvalue weighted by Crippen LogP contribution is 2.32. The topological polar surface area (TPSA) is 69.4 Å². The molecular formula is C17H21NO4. The van der Waals surface area contributed by atoms with E-state index < -0.39 is 22.0 Å². The summed E-state index contributed by atoms with van der Waals surface area (Å²) in [6.07, 6.45) is 4.52. The molecule has 0 fully saturated rings. The Labute approximate surface area is 130 Å². The van der Waals surface area contributed by atoms with E-state index in [0.29, 0.717) is 5.56 Å². The summed E-state index contributed by atoms with van der Waals surface area (Å²) < 4.78 is 5.31. The molecule has 0 N–H and O–H groups in total. The van der Waals surface area contributed by atoms with Crippen molar-refractivity contribution in [3.8, 4) is 0 Å². The minimum Gasteiger partial charge on any atom is -0.454 e. The first kappa shape index (κ1) is 17.6. The maximum atomic E-state index is 12.6. The van der Waals surface area contributed by atoms with Crippen molar-refractivity contribution in [2.24, 2.45) is 0 Å². The Morgan fingerprint density at radius 1 is 1.32 bits per heavy atom. The van der Waals surface area contributed by atoms with Gasteiger partial charge in [0.05, 0.1) is 6.42 Å². The van der Waals surface area contributed by atoms with E-state index in [0.717, 1.165) is 0 Å². The van der Waals surface area contributed by atoms with Crippen molar-refractivity contribution in [1.82, 2.24) is 0 Å². The number of allylic oxidation sites excluding steroid dienone is 2. The van der Waals surface area contributed by atoms with Crippen LogP contribution in [0.15, 0.2) is 55.1 Å². The number of hydrogen-bond acceptors (Lipinski definition) is 4. The fourth-order valence-electron chi connectivity index (χ4n) is 1.98. The number of carbonyl (C=O) groups is 1. The molecule has 1 aromatic carbocycles. The van der Waals surface area contributed by atoms with E-state index in [1.807, 2.05) is 0 Å². The van der Waals surface area contributed by atoms with Crippen LogP contribution < -0.4 is 0 Å². The third-order valence-electron chi connectivity index (χ3n) is 2.99. The van der Waals surface area contributed by atoms with Crippen LogP contribution in [-0.2, 0) is 15.1 Å². The molecule has 1 unspecified atom stereocenters. The van der Waals surface area contributed by atoms with Gasteiger partial charge < -0.3 is 4.74 Å². The Morgan fingerprint density at radius 3 is 2.36 bits per heavy atom. The maximum Gasteiger partial charge on any atom is 0.390 e. The molecule has 118 valence electrons. The summed E-state index contributed by atoms with van der Waals surface area (Å²) in [5.74, 6) is -0.870. The summed E-state index contributed by atoms with van der Waals surface area (Å²) in [7, 11) is 0. The molecule has 0 saturated carbocycles. The quantitative estimate of drug-likeness (QED) is 0.348. The van der Waals surface area contributed by atoms with E-state index in [2.05, 4.69) is 6.58 Å². The minimum absolute atomic E-state index is 0.106. The zero-order valence-corrected chi connectivity index (χ0v) is 13.1. The largest absolute Gasteiger partial charge is 0.454 e. The van der Waals surface area contributed by atoms with Gasteiger partial charge in [0, 0.05) is 10.5 Å². The van der Waals surface area contributed by atoms with Crippen LogP contribution in [0.25, 0.3) is 0 Å². The van der Waals surface area contributed by atoms with Crippen LogP contribution in [0.1, 0.15) is 32.8 Å². The molecule has 5 nitrogen and oxygen atoms in total. The molecule has 1 rings (SSSR count). The highest BCUT2D eigenvalue weighted by molar-refractivity contribution is 5.81. The lowest BCUT2D eigenvalue weighted by Gasteiger charge is -2.27. The zero-order valence-electron chi connectivity index (χ0n) is 13.1. The van der Waals surface area contributed by atoms with Gasteiger partial charge >= 0.3 is 11.5 Å². The van der Waals surface area contributed by atoms with Crippen molar-refractivity contribution in [1.29, 1.82) is 0 Å². The molecule has 0 heterocycles. The van der Waals surface area contributed by atoms with Gasteiger partial charge in [-0.15, -0.1) is 0 Å². The van der Waals surface area contributed by atoms with Gasteiger partial charge in [0.15, 0.2) is 0 Å². The van der Waals surface area contributed by atoms with Crippen molar-refractivity contribution in [2.75, 3.05) is 0 Å². The van der Waals surface area contributed by atoms with E-state index in [-0.39, 0.29) is 6.42 Å². The van der Waals surface area contributed by atoms with Gasteiger partial charge in [-0.1, -0.05) is 55.1 Å². The lowest BCUT2D eigenvalue weighted by Crippen LogP contribution is -2.47. The first-order valence-electron chi connectivity index (χ1n) is 6.95. The first-order chi connectivity index (χ1) is 10.2. The van der Waals surface area contributed by atoms with Crippen molar-refractivity contribution in [2.45, 2.75) is 38.3 Å². The number of rotatable bonds is 6. The van der Waals surface area contributed by atoms with Gasteiger partial charge in [-0.25, -0.2) is 4.79 Å². The Morgan fingerprint density at radius 2 is 1.91 bits per heavy atom. The highest BCUT2D eigenvalue weighted by Gasteiger charge is 2.54. The average Bonchev–Trinajstić information content (AvgIpc) is 2.42. The molecule has 0 spiro atoms.